The van der Waals surface area contributed by atoms with Crippen molar-refractivity contribution in [1.29, 1.82) is 0 Å². The molecule has 1 aromatic rings. The van der Waals surface area contributed by atoms with Crippen LogP contribution in [0.3, 0.4) is 0 Å². The summed E-state index contributed by atoms with van der Waals surface area (Å²) in [6.45, 7) is 2.32. The zero-order chi connectivity index (χ0) is 11.5. The summed E-state index contributed by atoms with van der Waals surface area (Å²) in [5.41, 5.74) is 5.71. The number of anilines is 2. The standard InChI is InChI=1S/C11H19N3OS/c1-7-3-5-8(6-4-7)13-11-9(15-2)10(12)14-16-11/h7-8,13H,3-6H2,1-2H3,(H2,12,14). The number of nitrogen functional groups attached to an aromatic ring is 1. The van der Waals surface area contributed by atoms with Gasteiger partial charge in [0.15, 0.2) is 16.6 Å². The minimum atomic E-state index is 0.485. The van der Waals surface area contributed by atoms with Crippen molar-refractivity contribution in [2.75, 3.05) is 18.2 Å². The summed E-state index contributed by atoms with van der Waals surface area (Å²) in [4.78, 5) is 0. The van der Waals surface area contributed by atoms with E-state index in [4.69, 9.17) is 10.5 Å². The van der Waals surface area contributed by atoms with Crippen LogP contribution in [0.5, 0.6) is 5.75 Å². The molecule has 1 aromatic heterocycles. The van der Waals surface area contributed by atoms with Gasteiger partial charge >= 0.3 is 0 Å². The van der Waals surface area contributed by atoms with E-state index in [-0.39, 0.29) is 0 Å². The molecular weight excluding hydrogens is 222 g/mol. The predicted molar refractivity (Wildman–Crippen MR) is 68.1 cm³/mol. The molecule has 3 N–H and O–H groups in total. The minimum Gasteiger partial charge on any atom is -0.490 e. The van der Waals surface area contributed by atoms with E-state index in [2.05, 4.69) is 16.6 Å². The summed E-state index contributed by atoms with van der Waals surface area (Å²) >= 11 is 1.38. The van der Waals surface area contributed by atoms with Crippen LogP contribution in [0.4, 0.5) is 10.8 Å². The van der Waals surface area contributed by atoms with Gasteiger partial charge in [-0.15, -0.1) is 0 Å². The van der Waals surface area contributed by atoms with Crippen molar-refractivity contribution in [1.82, 2.24) is 4.37 Å². The van der Waals surface area contributed by atoms with Crippen LogP contribution in [0.25, 0.3) is 0 Å². The Bertz CT molecular complexity index is 345. The molecule has 0 radical (unpaired) electrons. The maximum absolute atomic E-state index is 5.71. The van der Waals surface area contributed by atoms with E-state index in [1.165, 1.54) is 37.2 Å². The fourth-order valence-electron chi connectivity index (χ4n) is 2.17. The van der Waals surface area contributed by atoms with Crippen molar-refractivity contribution in [2.24, 2.45) is 5.92 Å². The zero-order valence-electron chi connectivity index (χ0n) is 9.82. The number of aromatic nitrogens is 1. The quantitative estimate of drug-likeness (QED) is 0.854. The molecule has 1 heterocycles. The highest BCUT2D eigenvalue weighted by molar-refractivity contribution is 7.11. The minimum absolute atomic E-state index is 0.485. The molecule has 1 fully saturated rings. The van der Waals surface area contributed by atoms with Gasteiger partial charge < -0.3 is 15.8 Å². The maximum Gasteiger partial charge on any atom is 0.197 e. The van der Waals surface area contributed by atoms with E-state index < -0.39 is 0 Å². The Balaban J connectivity index is 1.98. The first-order valence-corrected chi connectivity index (χ1v) is 6.53. The molecule has 0 saturated heterocycles. The molecule has 0 spiro atoms. The Morgan fingerprint density at radius 2 is 2.06 bits per heavy atom. The molecule has 0 unspecified atom stereocenters. The fraction of sp³-hybridized carbons (Fsp3) is 0.727. The van der Waals surface area contributed by atoms with Gasteiger partial charge in [-0.3, -0.25) is 0 Å². The molecule has 0 aromatic carbocycles. The third kappa shape index (κ3) is 2.40. The lowest BCUT2D eigenvalue weighted by Gasteiger charge is -2.27. The number of nitrogens with one attached hydrogen (secondary N) is 1. The topological polar surface area (TPSA) is 60.2 Å². The Kier molecular flexibility index (Phi) is 3.53. The molecule has 1 aliphatic carbocycles. The van der Waals surface area contributed by atoms with Crippen LogP contribution in [-0.2, 0) is 0 Å². The number of nitrogens with zero attached hydrogens (tertiary/aromatic N) is 1. The molecule has 0 bridgehead atoms. The van der Waals surface area contributed by atoms with Gasteiger partial charge in [-0.25, -0.2) is 0 Å². The first kappa shape index (κ1) is 11.5. The average Bonchev–Trinajstić information content (AvgIpc) is 2.63. The second kappa shape index (κ2) is 4.91. The van der Waals surface area contributed by atoms with Gasteiger partial charge in [0.2, 0.25) is 0 Å². The summed E-state index contributed by atoms with van der Waals surface area (Å²) in [5, 5.41) is 4.46. The van der Waals surface area contributed by atoms with Crippen LogP contribution in [-0.4, -0.2) is 17.5 Å². The molecule has 0 atom stereocenters. The molecule has 0 amide bonds. The SMILES string of the molecule is COc1c(N)nsc1NC1CCC(C)CC1. The number of hydrogen-bond donors (Lipinski definition) is 2. The highest BCUT2D eigenvalue weighted by Gasteiger charge is 2.21. The molecule has 2 rings (SSSR count). The Morgan fingerprint density at radius 1 is 1.38 bits per heavy atom. The van der Waals surface area contributed by atoms with Crippen LogP contribution in [0, 0.1) is 5.92 Å². The summed E-state index contributed by atoms with van der Waals surface area (Å²) in [5.74, 6) is 2.05. The van der Waals surface area contributed by atoms with Crippen molar-refractivity contribution in [3.63, 3.8) is 0 Å². The third-order valence-corrected chi connectivity index (χ3v) is 4.00. The smallest absolute Gasteiger partial charge is 0.197 e. The first-order chi connectivity index (χ1) is 7.70. The molecular formula is C11H19N3OS. The van der Waals surface area contributed by atoms with E-state index >= 15 is 0 Å². The van der Waals surface area contributed by atoms with Crippen LogP contribution in [0.15, 0.2) is 0 Å². The van der Waals surface area contributed by atoms with Gasteiger partial charge in [0.1, 0.15) is 0 Å². The van der Waals surface area contributed by atoms with E-state index in [0.717, 1.165) is 10.9 Å². The Hall–Kier alpha value is -0.970. The van der Waals surface area contributed by atoms with Gasteiger partial charge in [0.05, 0.1) is 7.11 Å². The van der Waals surface area contributed by atoms with Crippen molar-refractivity contribution in [2.45, 2.75) is 38.6 Å². The van der Waals surface area contributed by atoms with Crippen LogP contribution >= 0.6 is 11.5 Å². The fourth-order valence-corrected chi connectivity index (χ4v) is 2.94. The third-order valence-electron chi connectivity index (χ3n) is 3.23. The number of nitrogens with two attached hydrogens (primary N) is 1. The van der Waals surface area contributed by atoms with Gasteiger partial charge in [0, 0.05) is 6.04 Å². The Morgan fingerprint density at radius 3 is 2.69 bits per heavy atom. The predicted octanol–water partition coefficient (Wildman–Crippen LogP) is 2.72. The average molecular weight is 241 g/mol. The highest BCUT2D eigenvalue weighted by Crippen LogP contribution is 2.37. The summed E-state index contributed by atoms with van der Waals surface area (Å²) in [6.07, 6.45) is 5.05. The van der Waals surface area contributed by atoms with Gasteiger partial charge in [-0.05, 0) is 43.1 Å². The largest absolute Gasteiger partial charge is 0.490 e. The molecule has 0 aliphatic heterocycles. The van der Waals surface area contributed by atoms with Crippen LogP contribution in [0.2, 0.25) is 0 Å². The number of ether oxygens (including phenoxy) is 1. The normalized spacial score (nSPS) is 25.4. The van der Waals surface area contributed by atoms with E-state index in [1.807, 2.05) is 0 Å². The van der Waals surface area contributed by atoms with Gasteiger partial charge in [0.25, 0.3) is 0 Å². The lowest BCUT2D eigenvalue weighted by Crippen LogP contribution is -2.24. The molecule has 1 saturated carbocycles. The molecule has 16 heavy (non-hydrogen) atoms. The lowest BCUT2D eigenvalue weighted by molar-refractivity contribution is 0.360. The maximum atomic E-state index is 5.71. The van der Waals surface area contributed by atoms with E-state index in [1.54, 1.807) is 7.11 Å². The van der Waals surface area contributed by atoms with Crippen molar-refractivity contribution < 1.29 is 4.74 Å². The summed E-state index contributed by atoms with van der Waals surface area (Å²) < 4.78 is 9.34. The van der Waals surface area contributed by atoms with E-state index in [9.17, 15) is 0 Å². The van der Waals surface area contributed by atoms with Crippen molar-refractivity contribution in [3.05, 3.63) is 0 Å². The second-order valence-electron chi connectivity index (χ2n) is 4.53. The number of rotatable bonds is 3. The summed E-state index contributed by atoms with van der Waals surface area (Å²) in [7, 11) is 1.63. The highest BCUT2D eigenvalue weighted by atomic mass is 32.1. The van der Waals surface area contributed by atoms with Crippen LogP contribution in [0.1, 0.15) is 32.6 Å². The summed E-state index contributed by atoms with van der Waals surface area (Å²) in [6, 6.07) is 0.546. The van der Waals surface area contributed by atoms with Gasteiger partial charge in [-0.2, -0.15) is 4.37 Å². The number of hydrogen-bond acceptors (Lipinski definition) is 5. The Labute approximate surface area is 100 Å². The zero-order valence-corrected chi connectivity index (χ0v) is 10.6. The van der Waals surface area contributed by atoms with E-state index in [0.29, 0.717) is 17.6 Å². The van der Waals surface area contributed by atoms with Crippen molar-refractivity contribution in [3.8, 4) is 5.75 Å². The monoisotopic (exact) mass is 241 g/mol. The molecule has 1 aliphatic rings. The number of methoxy groups -OCH3 is 1. The second-order valence-corrected chi connectivity index (χ2v) is 5.30. The molecule has 90 valence electrons. The molecule has 4 nitrogen and oxygen atoms in total. The van der Waals surface area contributed by atoms with Crippen molar-refractivity contribution >= 4 is 22.4 Å². The van der Waals surface area contributed by atoms with Gasteiger partial charge in [-0.1, -0.05) is 6.92 Å². The molecule has 5 heteroatoms. The van der Waals surface area contributed by atoms with Crippen LogP contribution < -0.4 is 15.8 Å². The first-order valence-electron chi connectivity index (χ1n) is 5.76. The lowest BCUT2D eigenvalue weighted by atomic mass is 9.87.